The normalized spacial score (nSPS) is 19.4. The Hall–Kier alpha value is -3.00. The SMILES string of the molecule is Nc1c(Br)c([C@H]2CC[C@H](C(=O)O)CC2)nc2c(-c3ccc4ncccc4c3)cnn12. The van der Waals surface area contributed by atoms with Crippen LogP contribution in [-0.2, 0) is 4.79 Å². The fourth-order valence-electron chi connectivity index (χ4n) is 4.34. The number of benzene rings is 1. The Bertz CT molecular complexity index is 1280. The van der Waals surface area contributed by atoms with Crippen molar-refractivity contribution in [1.29, 1.82) is 0 Å². The first-order valence-electron chi connectivity index (χ1n) is 9.93. The average molecular weight is 466 g/mol. The molecule has 4 aromatic rings. The van der Waals surface area contributed by atoms with Crippen molar-refractivity contribution < 1.29 is 9.90 Å². The van der Waals surface area contributed by atoms with Crippen molar-refractivity contribution in [2.45, 2.75) is 31.6 Å². The monoisotopic (exact) mass is 465 g/mol. The number of nitrogen functional groups attached to an aromatic ring is 1. The lowest BCUT2D eigenvalue weighted by atomic mass is 9.80. The van der Waals surface area contributed by atoms with Crippen LogP contribution in [0.2, 0.25) is 0 Å². The molecule has 1 fully saturated rings. The third-order valence-electron chi connectivity index (χ3n) is 6.03. The number of hydrogen-bond donors (Lipinski definition) is 2. The molecule has 0 saturated heterocycles. The summed E-state index contributed by atoms with van der Waals surface area (Å²) in [5.41, 5.74) is 10.8. The third kappa shape index (κ3) is 3.11. The van der Waals surface area contributed by atoms with Crippen LogP contribution in [0.15, 0.2) is 47.2 Å². The van der Waals surface area contributed by atoms with E-state index in [0.717, 1.165) is 45.0 Å². The van der Waals surface area contributed by atoms with Gasteiger partial charge in [0.1, 0.15) is 5.82 Å². The average Bonchev–Trinajstić information content (AvgIpc) is 3.20. The van der Waals surface area contributed by atoms with E-state index in [2.05, 4.69) is 32.1 Å². The highest BCUT2D eigenvalue weighted by atomic mass is 79.9. The third-order valence-corrected chi connectivity index (χ3v) is 6.84. The van der Waals surface area contributed by atoms with Crippen molar-refractivity contribution in [3.8, 4) is 11.1 Å². The number of pyridine rings is 1. The van der Waals surface area contributed by atoms with Gasteiger partial charge >= 0.3 is 5.97 Å². The van der Waals surface area contributed by atoms with Crippen molar-refractivity contribution in [3.63, 3.8) is 0 Å². The first-order valence-corrected chi connectivity index (χ1v) is 10.7. The van der Waals surface area contributed by atoms with Gasteiger partial charge in [0.15, 0.2) is 5.65 Å². The highest BCUT2D eigenvalue weighted by Gasteiger charge is 2.30. The van der Waals surface area contributed by atoms with Crippen LogP contribution in [0.5, 0.6) is 0 Å². The standard InChI is InChI=1S/C22H20BrN5O2/c23-18-19(12-3-5-13(6-4-12)22(29)30)27-21-16(11-26-28(21)20(18)24)14-7-8-17-15(10-14)2-1-9-25-17/h1-2,7-13H,3-6,24H2,(H,29,30)/t12-,13-. The van der Waals surface area contributed by atoms with E-state index in [1.807, 2.05) is 24.3 Å². The largest absolute Gasteiger partial charge is 0.481 e. The molecule has 0 bridgehead atoms. The minimum Gasteiger partial charge on any atom is -0.481 e. The Balaban J connectivity index is 1.59. The van der Waals surface area contributed by atoms with Gasteiger partial charge in [0, 0.05) is 23.1 Å². The predicted octanol–water partition coefficient (Wildman–Crippen LogP) is 4.65. The van der Waals surface area contributed by atoms with E-state index in [1.54, 1.807) is 16.9 Å². The molecule has 1 aliphatic rings. The van der Waals surface area contributed by atoms with Crippen molar-refractivity contribution in [2.75, 3.05) is 5.73 Å². The Kier molecular flexibility index (Phi) is 4.66. The van der Waals surface area contributed by atoms with Crippen LogP contribution < -0.4 is 5.73 Å². The maximum atomic E-state index is 11.3. The predicted molar refractivity (Wildman–Crippen MR) is 118 cm³/mol. The molecular formula is C22H20BrN5O2. The summed E-state index contributed by atoms with van der Waals surface area (Å²) in [7, 11) is 0. The second-order valence-corrected chi connectivity index (χ2v) is 8.58. The number of halogens is 1. The number of aromatic nitrogens is 4. The van der Waals surface area contributed by atoms with E-state index >= 15 is 0 Å². The number of anilines is 1. The van der Waals surface area contributed by atoms with E-state index in [-0.39, 0.29) is 11.8 Å². The number of rotatable bonds is 3. The van der Waals surface area contributed by atoms with Gasteiger partial charge in [-0.3, -0.25) is 9.78 Å². The smallest absolute Gasteiger partial charge is 0.306 e. The summed E-state index contributed by atoms with van der Waals surface area (Å²) in [6.45, 7) is 0. The molecule has 5 rings (SSSR count). The van der Waals surface area contributed by atoms with Crippen molar-refractivity contribution in [2.24, 2.45) is 5.92 Å². The van der Waals surface area contributed by atoms with Crippen molar-refractivity contribution >= 4 is 44.3 Å². The van der Waals surface area contributed by atoms with E-state index in [0.29, 0.717) is 24.3 Å². The Morgan fingerprint density at radius 1 is 1.20 bits per heavy atom. The zero-order chi connectivity index (χ0) is 20.8. The summed E-state index contributed by atoms with van der Waals surface area (Å²) in [6.07, 6.45) is 6.44. The molecule has 30 heavy (non-hydrogen) atoms. The topological polar surface area (TPSA) is 106 Å². The number of carboxylic acid groups (broad SMARTS) is 1. The molecule has 0 unspecified atom stereocenters. The Morgan fingerprint density at radius 3 is 2.77 bits per heavy atom. The number of nitrogens with two attached hydrogens (primary N) is 1. The fraction of sp³-hybridized carbons (Fsp3) is 0.273. The quantitative estimate of drug-likeness (QED) is 0.456. The Morgan fingerprint density at radius 2 is 2.00 bits per heavy atom. The van der Waals surface area contributed by atoms with Gasteiger partial charge in [-0.2, -0.15) is 9.61 Å². The molecule has 1 aliphatic carbocycles. The first kappa shape index (κ1) is 19.0. The lowest BCUT2D eigenvalue weighted by molar-refractivity contribution is -0.142. The number of carboxylic acids is 1. The number of fused-ring (bicyclic) bond motifs is 2. The molecule has 0 aliphatic heterocycles. The Labute approximate surface area is 181 Å². The molecule has 0 atom stereocenters. The minimum absolute atomic E-state index is 0.172. The number of nitrogens with zero attached hydrogens (tertiary/aromatic N) is 4. The summed E-state index contributed by atoms with van der Waals surface area (Å²) in [6, 6.07) is 10.0. The van der Waals surface area contributed by atoms with Crippen molar-refractivity contribution in [1.82, 2.24) is 19.6 Å². The van der Waals surface area contributed by atoms with E-state index in [9.17, 15) is 9.90 Å². The summed E-state index contributed by atoms with van der Waals surface area (Å²) in [5.74, 6) is -0.299. The van der Waals surface area contributed by atoms with Crippen LogP contribution in [-0.4, -0.2) is 30.7 Å². The maximum Gasteiger partial charge on any atom is 0.306 e. The molecular weight excluding hydrogens is 446 g/mol. The molecule has 3 heterocycles. The second kappa shape index (κ2) is 7.36. The van der Waals surface area contributed by atoms with Crippen LogP contribution in [0.3, 0.4) is 0 Å². The lowest BCUT2D eigenvalue weighted by Gasteiger charge is -2.26. The highest BCUT2D eigenvalue weighted by molar-refractivity contribution is 9.10. The molecule has 7 nitrogen and oxygen atoms in total. The lowest BCUT2D eigenvalue weighted by Crippen LogP contribution is -2.21. The molecule has 3 N–H and O–H groups in total. The van der Waals surface area contributed by atoms with E-state index in [1.165, 1.54) is 0 Å². The highest BCUT2D eigenvalue weighted by Crippen LogP contribution is 2.40. The number of carbonyl (C=O) groups is 1. The molecule has 152 valence electrons. The van der Waals surface area contributed by atoms with Crippen molar-refractivity contribution in [3.05, 3.63) is 52.9 Å². The zero-order valence-corrected chi connectivity index (χ0v) is 17.7. The molecule has 1 saturated carbocycles. The van der Waals surface area contributed by atoms with Gasteiger partial charge in [0.25, 0.3) is 0 Å². The fourth-order valence-corrected chi connectivity index (χ4v) is 4.92. The molecule has 3 aromatic heterocycles. The molecule has 0 spiro atoms. The second-order valence-electron chi connectivity index (χ2n) is 7.79. The van der Waals surface area contributed by atoms with Gasteiger partial charge < -0.3 is 10.8 Å². The van der Waals surface area contributed by atoms with Gasteiger partial charge in [0.2, 0.25) is 0 Å². The van der Waals surface area contributed by atoms with Gasteiger partial charge in [-0.25, -0.2) is 4.98 Å². The van der Waals surface area contributed by atoms with E-state index in [4.69, 9.17) is 10.7 Å². The van der Waals surface area contributed by atoms with Gasteiger partial charge in [-0.1, -0.05) is 12.1 Å². The summed E-state index contributed by atoms with van der Waals surface area (Å²) in [4.78, 5) is 20.6. The first-order chi connectivity index (χ1) is 14.5. The molecule has 0 radical (unpaired) electrons. The van der Waals surface area contributed by atoms with Crippen LogP contribution in [0.1, 0.15) is 37.3 Å². The molecule has 1 aromatic carbocycles. The van der Waals surface area contributed by atoms with Crippen LogP contribution in [0, 0.1) is 5.92 Å². The summed E-state index contributed by atoms with van der Waals surface area (Å²) >= 11 is 3.61. The van der Waals surface area contributed by atoms with Gasteiger partial charge in [-0.15, -0.1) is 0 Å². The van der Waals surface area contributed by atoms with Gasteiger partial charge in [-0.05, 0) is 65.4 Å². The van der Waals surface area contributed by atoms with Crippen LogP contribution in [0.4, 0.5) is 5.82 Å². The maximum absolute atomic E-state index is 11.3. The van der Waals surface area contributed by atoms with E-state index < -0.39 is 5.97 Å². The van der Waals surface area contributed by atoms with Gasteiger partial charge in [0.05, 0.1) is 27.8 Å². The summed E-state index contributed by atoms with van der Waals surface area (Å²) < 4.78 is 2.39. The zero-order valence-electron chi connectivity index (χ0n) is 16.1. The summed E-state index contributed by atoms with van der Waals surface area (Å²) in [5, 5.41) is 14.8. The molecule has 0 amide bonds. The van der Waals surface area contributed by atoms with Crippen LogP contribution in [0.25, 0.3) is 27.7 Å². The number of hydrogen-bond acceptors (Lipinski definition) is 5. The molecule has 8 heteroatoms. The number of aliphatic carboxylic acids is 1. The van der Waals surface area contributed by atoms with Crippen LogP contribution >= 0.6 is 15.9 Å². The minimum atomic E-state index is -0.709.